The Kier molecular flexibility index (Phi) is 4.47. The molecule has 2 aromatic heterocycles. The molecule has 9 nitrogen and oxygen atoms in total. The van der Waals surface area contributed by atoms with Gasteiger partial charge in [-0.1, -0.05) is 18.7 Å². The Hall–Kier alpha value is -2.37. The van der Waals surface area contributed by atoms with Gasteiger partial charge in [-0.3, -0.25) is 4.79 Å². The van der Waals surface area contributed by atoms with E-state index in [-0.39, 0.29) is 23.1 Å². The number of methoxy groups -OCH3 is 1. The quantitative estimate of drug-likeness (QED) is 0.542. The van der Waals surface area contributed by atoms with Crippen LogP contribution in [0.4, 0.5) is 0 Å². The fourth-order valence-electron chi connectivity index (χ4n) is 3.70. The summed E-state index contributed by atoms with van der Waals surface area (Å²) in [5.74, 6) is -3.38. The third kappa shape index (κ3) is 2.65. The van der Waals surface area contributed by atoms with Gasteiger partial charge in [0.15, 0.2) is 4.34 Å². The fourth-order valence-corrected chi connectivity index (χ4v) is 5.98. The Morgan fingerprint density at radius 2 is 2.21 bits per heavy atom. The molecule has 0 radical (unpaired) electrons. The van der Waals surface area contributed by atoms with E-state index >= 15 is 0 Å². The van der Waals surface area contributed by atoms with E-state index in [1.165, 1.54) is 36.3 Å². The van der Waals surface area contributed by atoms with Gasteiger partial charge in [-0.2, -0.15) is 4.98 Å². The molecule has 2 aliphatic rings. The van der Waals surface area contributed by atoms with Crippen LogP contribution in [0.15, 0.2) is 25.4 Å². The van der Waals surface area contributed by atoms with Crippen LogP contribution in [0.3, 0.4) is 0 Å². The second kappa shape index (κ2) is 6.61. The van der Waals surface area contributed by atoms with Crippen LogP contribution in [-0.2, 0) is 14.3 Å². The summed E-state index contributed by atoms with van der Waals surface area (Å²) < 4.78 is 11.1. The van der Waals surface area contributed by atoms with Gasteiger partial charge in [0.05, 0.1) is 41.5 Å². The molecule has 0 aliphatic carbocycles. The SMILES string of the molecule is COC(=O)c1cc2sc(SC3=C(C(=O)[O-])N4C(=O)[C@H]([C@@H](C)O)[C@H]4[C@H]3C)nc2o1. The predicted molar refractivity (Wildman–Crippen MR) is 96.1 cm³/mol. The van der Waals surface area contributed by atoms with Gasteiger partial charge < -0.3 is 29.1 Å². The van der Waals surface area contributed by atoms with Gasteiger partial charge >= 0.3 is 5.97 Å². The van der Waals surface area contributed by atoms with Crippen LogP contribution in [0.1, 0.15) is 24.4 Å². The summed E-state index contributed by atoms with van der Waals surface area (Å²) in [7, 11) is 1.24. The van der Waals surface area contributed by atoms with Crippen LogP contribution < -0.4 is 5.11 Å². The molecule has 4 rings (SSSR count). The maximum absolute atomic E-state index is 12.3. The number of aromatic nitrogens is 1. The average Bonchev–Trinajstić information content (AvgIpc) is 3.24. The van der Waals surface area contributed by atoms with Gasteiger partial charge in [0.1, 0.15) is 0 Å². The number of thioether (sulfide) groups is 1. The largest absolute Gasteiger partial charge is 0.543 e. The van der Waals surface area contributed by atoms with Crippen LogP contribution in [0.25, 0.3) is 10.4 Å². The first-order valence-corrected chi connectivity index (χ1v) is 10.0. The number of carboxylic acids is 1. The minimum Gasteiger partial charge on any atom is -0.543 e. The number of esters is 1. The maximum Gasteiger partial charge on any atom is 0.374 e. The molecule has 0 bridgehead atoms. The fraction of sp³-hybridized carbons (Fsp3) is 0.412. The topological polar surface area (TPSA) is 133 Å². The zero-order chi connectivity index (χ0) is 20.3. The van der Waals surface area contributed by atoms with Crippen molar-refractivity contribution in [1.82, 2.24) is 9.88 Å². The first kappa shape index (κ1) is 19.0. The highest BCUT2D eigenvalue weighted by molar-refractivity contribution is 8.04. The molecule has 1 fully saturated rings. The minimum absolute atomic E-state index is 0.0335. The lowest BCUT2D eigenvalue weighted by atomic mass is 9.79. The van der Waals surface area contributed by atoms with Crippen molar-refractivity contribution in [3.63, 3.8) is 0 Å². The summed E-state index contributed by atoms with van der Waals surface area (Å²) in [6, 6.07) is 1.09. The first-order chi connectivity index (χ1) is 13.2. The Balaban J connectivity index is 1.66. The number of aliphatic hydroxyl groups excluding tert-OH is 1. The zero-order valence-corrected chi connectivity index (χ0v) is 16.6. The summed E-state index contributed by atoms with van der Waals surface area (Å²) in [5, 5.41) is 21.6. The molecule has 0 spiro atoms. The Morgan fingerprint density at radius 1 is 1.50 bits per heavy atom. The summed E-state index contributed by atoms with van der Waals surface area (Å²) >= 11 is 2.35. The van der Waals surface area contributed by atoms with Crippen molar-refractivity contribution < 1.29 is 33.8 Å². The molecular weight excluding hydrogens is 408 g/mol. The average molecular weight is 423 g/mol. The monoisotopic (exact) mass is 423 g/mol. The van der Waals surface area contributed by atoms with E-state index in [1.807, 2.05) is 6.92 Å². The number of ether oxygens (including phenoxy) is 1. The van der Waals surface area contributed by atoms with E-state index in [0.29, 0.717) is 13.9 Å². The van der Waals surface area contributed by atoms with Crippen LogP contribution in [0.2, 0.25) is 0 Å². The van der Waals surface area contributed by atoms with E-state index in [9.17, 15) is 24.6 Å². The molecule has 0 saturated carbocycles. The smallest absolute Gasteiger partial charge is 0.374 e. The van der Waals surface area contributed by atoms with Crippen molar-refractivity contribution in [3.05, 3.63) is 22.4 Å². The van der Waals surface area contributed by atoms with Crippen molar-refractivity contribution in [2.45, 2.75) is 30.3 Å². The number of amides is 1. The maximum atomic E-state index is 12.3. The second-order valence-electron chi connectivity index (χ2n) is 6.61. The molecule has 4 heterocycles. The normalized spacial score (nSPS) is 25.1. The summed E-state index contributed by atoms with van der Waals surface area (Å²) in [5.41, 5.74) is 0.0711. The molecule has 0 aromatic carbocycles. The van der Waals surface area contributed by atoms with Gasteiger partial charge in [-0.05, 0) is 6.92 Å². The zero-order valence-electron chi connectivity index (χ0n) is 15.0. The molecule has 1 amide bonds. The van der Waals surface area contributed by atoms with Crippen molar-refractivity contribution in [1.29, 1.82) is 0 Å². The van der Waals surface area contributed by atoms with Gasteiger partial charge in [-0.25, -0.2) is 4.79 Å². The highest BCUT2D eigenvalue weighted by Crippen LogP contribution is 2.52. The lowest BCUT2D eigenvalue weighted by molar-refractivity contribution is -0.301. The molecule has 148 valence electrons. The molecule has 1 saturated heterocycles. The molecule has 0 unspecified atom stereocenters. The molecule has 4 atom stereocenters. The molecule has 2 aromatic rings. The third-order valence-electron chi connectivity index (χ3n) is 4.96. The molecule has 28 heavy (non-hydrogen) atoms. The third-order valence-corrected chi connectivity index (χ3v) is 7.28. The van der Waals surface area contributed by atoms with Crippen molar-refractivity contribution >= 4 is 51.4 Å². The minimum atomic E-state index is -1.44. The predicted octanol–water partition coefficient (Wildman–Crippen LogP) is 0.587. The van der Waals surface area contributed by atoms with E-state index in [1.54, 1.807) is 0 Å². The van der Waals surface area contributed by atoms with Gasteiger partial charge in [0.2, 0.25) is 17.4 Å². The van der Waals surface area contributed by atoms with E-state index in [2.05, 4.69) is 9.72 Å². The molecule has 2 aliphatic heterocycles. The number of aliphatic carboxylic acids is 1. The number of fused-ring (bicyclic) bond motifs is 2. The number of aliphatic hydroxyl groups is 1. The number of carbonyl (C=O) groups is 3. The molecule has 1 N–H and O–H groups in total. The lowest BCUT2D eigenvalue weighted by Crippen LogP contribution is -2.64. The summed E-state index contributed by atoms with van der Waals surface area (Å²) in [4.78, 5) is 41.5. The van der Waals surface area contributed by atoms with Crippen LogP contribution in [0.5, 0.6) is 0 Å². The Morgan fingerprint density at radius 3 is 2.79 bits per heavy atom. The number of carbonyl (C=O) groups excluding carboxylic acids is 3. The Bertz CT molecular complexity index is 1010. The van der Waals surface area contributed by atoms with E-state index < -0.39 is 35.9 Å². The van der Waals surface area contributed by atoms with E-state index in [0.717, 1.165) is 11.8 Å². The summed E-state index contributed by atoms with van der Waals surface area (Å²) in [6.07, 6.45) is -0.873. The van der Waals surface area contributed by atoms with Crippen LogP contribution >= 0.6 is 23.1 Å². The number of carboxylic acid groups (broad SMARTS) is 1. The van der Waals surface area contributed by atoms with Crippen molar-refractivity contribution in [2.75, 3.05) is 7.11 Å². The number of thiazole rings is 1. The van der Waals surface area contributed by atoms with E-state index in [4.69, 9.17) is 4.42 Å². The summed E-state index contributed by atoms with van der Waals surface area (Å²) in [6.45, 7) is 3.33. The van der Waals surface area contributed by atoms with Crippen LogP contribution in [-0.4, -0.2) is 52.1 Å². The number of hydrogen-bond acceptors (Lipinski definition) is 10. The van der Waals surface area contributed by atoms with Crippen molar-refractivity contribution in [3.8, 4) is 0 Å². The van der Waals surface area contributed by atoms with Crippen molar-refractivity contribution in [2.24, 2.45) is 11.8 Å². The highest BCUT2D eigenvalue weighted by atomic mass is 32.2. The number of furan rings is 1. The number of β-lactam (4-membered cyclic amide) rings is 1. The number of nitrogens with zero attached hydrogens (tertiary/aromatic N) is 2. The van der Waals surface area contributed by atoms with Gasteiger partial charge in [0, 0.05) is 16.9 Å². The molecular formula is C17H15N2O7S2-. The number of hydrogen-bond donors (Lipinski definition) is 1. The van der Waals surface area contributed by atoms with Gasteiger partial charge in [-0.15, -0.1) is 11.3 Å². The Labute approximate surface area is 167 Å². The second-order valence-corrected chi connectivity index (χ2v) is 8.93. The lowest BCUT2D eigenvalue weighted by Gasteiger charge is -2.47. The standard InChI is InChI=1S/C17H16N2O7S2/c1-5-10-9(6(2)20)14(21)19(10)11(15(22)23)12(5)28-17-18-13-8(27-17)4-7(26-13)16(24)25-3/h4-6,9-10,20H,1-3H3,(H,22,23)/p-1/t5-,6-,9-,10-/m1/s1. The molecule has 11 heteroatoms. The first-order valence-electron chi connectivity index (χ1n) is 8.37. The number of rotatable bonds is 5. The van der Waals surface area contributed by atoms with Crippen LogP contribution in [0, 0.1) is 11.8 Å². The highest BCUT2D eigenvalue weighted by Gasteiger charge is 2.58. The van der Waals surface area contributed by atoms with Gasteiger partial charge in [0.25, 0.3) is 0 Å².